The molecule has 0 bridgehead atoms. The van der Waals surface area contributed by atoms with Gasteiger partial charge in [0.15, 0.2) is 11.5 Å². The summed E-state index contributed by atoms with van der Waals surface area (Å²) in [5, 5.41) is 11.7. The standard InChI is InChI=1S/C33H38N4O6.C2HF3O2/c1-4-41-32(39)25-10-12-26(13-11-25)35-33(40)36(28(31(34)38)17-23-7-5-22(2)6-8-23)27-15-16-37(3,20-27)19-24-9-14-29-30(18-24)43-21-42-29;3-2(4,5)1(6)7/h5-14,18,27-28H,4,15-17,19-21H2,1-3H3,(H2-,34,35,38,39,40);(H,6,7)/t27-,28+,37?;/m1./s1. The summed E-state index contributed by atoms with van der Waals surface area (Å²) in [6, 6.07) is 18.9. The lowest BCUT2D eigenvalue weighted by Crippen LogP contribution is -2.56. The lowest BCUT2D eigenvalue weighted by atomic mass is 10.0. The molecule has 0 radical (unpaired) electrons. The fourth-order valence-corrected chi connectivity index (χ4v) is 5.94. The van der Waals surface area contributed by atoms with Gasteiger partial charge >= 0.3 is 18.2 Å². The highest BCUT2D eigenvalue weighted by Crippen LogP contribution is 2.35. The van der Waals surface area contributed by atoms with Crippen LogP contribution in [0.3, 0.4) is 0 Å². The van der Waals surface area contributed by atoms with Crippen molar-refractivity contribution in [3.05, 3.63) is 89.0 Å². The predicted octanol–water partition coefficient (Wildman–Crippen LogP) is 3.55. The van der Waals surface area contributed by atoms with Gasteiger partial charge in [-0.05, 0) is 61.9 Å². The number of likely N-dealkylation sites (tertiary alicyclic amines) is 1. The lowest BCUT2D eigenvalue weighted by Gasteiger charge is -2.36. The molecule has 2 aliphatic heterocycles. The second-order valence-electron chi connectivity index (χ2n) is 12.3. The summed E-state index contributed by atoms with van der Waals surface area (Å²) in [6.45, 7) is 6.42. The van der Waals surface area contributed by atoms with Gasteiger partial charge in [0.25, 0.3) is 0 Å². The van der Waals surface area contributed by atoms with Crippen LogP contribution in [0.15, 0.2) is 66.7 Å². The van der Waals surface area contributed by atoms with Gasteiger partial charge in [0.2, 0.25) is 12.7 Å². The molecule has 3 aromatic carbocycles. The average Bonchev–Trinajstić information content (AvgIpc) is 3.68. The van der Waals surface area contributed by atoms with Gasteiger partial charge in [-0.2, -0.15) is 13.2 Å². The molecule has 50 heavy (non-hydrogen) atoms. The normalized spacial score (nSPS) is 18.3. The van der Waals surface area contributed by atoms with Crippen molar-refractivity contribution in [2.24, 2.45) is 5.73 Å². The molecule has 3 amide bonds. The summed E-state index contributed by atoms with van der Waals surface area (Å²) in [7, 11) is 2.16. The van der Waals surface area contributed by atoms with Crippen molar-refractivity contribution in [2.75, 3.05) is 38.9 Å². The zero-order valence-corrected chi connectivity index (χ0v) is 27.8. The van der Waals surface area contributed by atoms with Crippen LogP contribution in [0.2, 0.25) is 0 Å². The summed E-state index contributed by atoms with van der Waals surface area (Å²) in [5.74, 6) is -2.52. The fourth-order valence-electron chi connectivity index (χ4n) is 5.94. The number of nitrogens with two attached hydrogens (primary N) is 1. The number of esters is 1. The fraction of sp³-hybridized carbons (Fsp3) is 0.371. The summed E-state index contributed by atoms with van der Waals surface area (Å²) in [5.41, 5.74) is 10.0. The van der Waals surface area contributed by atoms with Crippen LogP contribution in [0.1, 0.15) is 40.4 Å². The molecule has 1 saturated heterocycles. The van der Waals surface area contributed by atoms with Crippen molar-refractivity contribution in [1.29, 1.82) is 0 Å². The maximum absolute atomic E-state index is 14.0. The zero-order chi connectivity index (χ0) is 36.6. The van der Waals surface area contributed by atoms with Crippen LogP contribution < -0.4 is 25.6 Å². The third kappa shape index (κ3) is 9.87. The number of benzene rings is 3. The molecule has 1 fully saturated rings. The van der Waals surface area contributed by atoms with Gasteiger partial charge < -0.3 is 44.5 Å². The molecule has 0 aromatic heterocycles. The van der Waals surface area contributed by atoms with Crippen molar-refractivity contribution in [2.45, 2.75) is 51.5 Å². The van der Waals surface area contributed by atoms with Gasteiger partial charge in [0.05, 0.1) is 38.3 Å². The second-order valence-corrected chi connectivity index (χ2v) is 12.3. The SMILES string of the molecule is CCOC(=O)c1ccc(NC(=O)N([C@@H]2CC[N+](C)(Cc3ccc4c(c3)OCO4)C2)[C@@H](Cc2ccc(C)cc2)C(N)=O)cc1.O=C([O-])C(F)(F)F. The Morgan fingerprint density at radius 2 is 1.64 bits per heavy atom. The van der Waals surface area contributed by atoms with Crippen molar-refractivity contribution < 1.29 is 56.1 Å². The first kappa shape index (κ1) is 37.5. The third-order valence-corrected chi connectivity index (χ3v) is 8.38. The number of hydrogen-bond acceptors (Lipinski definition) is 8. The molecule has 3 aromatic rings. The van der Waals surface area contributed by atoms with Crippen LogP contribution >= 0.6 is 0 Å². The van der Waals surface area contributed by atoms with Crippen LogP contribution in [0.4, 0.5) is 23.7 Å². The van der Waals surface area contributed by atoms with Gasteiger partial charge in [-0.1, -0.05) is 29.8 Å². The largest absolute Gasteiger partial charge is 0.542 e. The van der Waals surface area contributed by atoms with E-state index in [1.54, 1.807) is 36.1 Å². The van der Waals surface area contributed by atoms with Crippen molar-refractivity contribution in [3.63, 3.8) is 0 Å². The summed E-state index contributed by atoms with van der Waals surface area (Å²) in [6.07, 6.45) is -4.19. The molecule has 2 heterocycles. The number of alkyl halides is 3. The van der Waals surface area contributed by atoms with Gasteiger partial charge in [-0.15, -0.1) is 0 Å². The zero-order valence-electron chi connectivity index (χ0n) is 27.8. The number of carbonyl (C=O) groups excluding carboxylic acids is 4. The van der Waals surface area contributed by atoms with E-state index in [-0.39, 0.29) is 19.4 Å². The van der Waals surface area contributed by atoms with E-state index < -0.39 is 36.1 Å². The highest BCUT2D eigenvalue weighted by Gasteiger charge is 2.44. The van der Waals surface area contributed by atoms with Crippen molar-refractivity contribution >= 4 is 29.6 Å². The van der Waals surface area contributed by atoms with Crippen molar-refractivity contribution in [1.82, 2.24) is 4.90 Å². The Labute approximate surface area is 287 Å². The molecule has 1 unspecified atom stereocenters. The minimum absolute atomic E-state index is 0.220. The number of urea groups is 1. The quantitative estimate of drug-likeness (QED) is 0.240. The third-order valence-electron chi connectivity index (χ3n) is 8.38. The smallest absolute Gasteiger partial charge is 0.430 e. The van der Waals surface area contributed by atoms with E-state index in [2.05, 4.69) is 12.4 Å². The number of nitrogens with one attached hydrogen (secondary N) is 1. The Kier molecular flexibility index (Phi) is 12.0. The minimum atomic E-state index is -5.19. The van der Waals surface area contributed by atoms with E-state index >= 15 is 0 Å². The Bertz CT molecular complexity index is 1680. The second kappa shape index (κ2) is 15.9. The summed E-state index contributed by atoms with van der Waals surface area (Å²) < 4.78 is 48.3. The minimum Gasteiger partial charge on any atom is -0.542 e. The number of primary amides is 1. The van der Waals surface area contributed by atoms with Gasteiger partial charge in [-0.3, -0.25) is 4.79 Å². The molecule has 2 aliphatic rings. The number of ether oxygens (including phenoxy) is 3. The van der Waals surface area contributed by atoms with Crippen LogP contribution in [-0.2, 0) is 27.3 Å². The first-order chi connectivity index (χ1) is 23.6. The Balaban J connectivity index is 0.000000727. The molecule has 15 heteroatoms. The number of aliphatic carboxylic acids is 1. The van der Waals surface area contributed by atoms with Gasteiger partial charge in [0.1, 0.15) is 18.6 Å². The number of amides is 3. The number of rotatable bonds is 10. The molecule has 0 spiro atoms. The topological polar surface area (TPSA) is 160 Å². The summed E-state index contributed by atoms with van der Waals surface area (Å²) in [4.78, 5) is 49.5. The Morgan fingerprint density at radius 3 is 2.24 bits per heavy atom. The van der Waals surface area contributed by atoms with Crippen LogP contribution in [0.25, 0.3) is 0 Å². The molecule has 0 saturated carbocycles. The van der Waals surface area contributed by atoms with Crippen LogP contribution in [-0.4, -0.2) is 85.1 Å². The first-order valence-corrected chi connectivity index (χ1v) is 15.8. The highest BCUT2D eigenvalue weighted by molar-refractivity contribution is 5.95. The lowest BCUT2D eigenvalue weighted by molar-refractivity contribution is -0.911. The van der Waals surface area contributed by atoms with E-state index in [4.69, 9.17) is 29.8 Å². The van der Waals surface area contributed by atoms with Gasteiger partial charge in [0, 0.05) is 24.1 Å². The van der Waals surface area contributed by atoms with E-state index in [1.165, 1.54) is 0 Å². The number of anilines is 1. The molecule has 3 N–H and O–H groups in total. The van der Waals surface area contributed by atoms with E-state index in [0.717, 1.165) is 41.3 Å². The number of carbonyl (C=O) groups is 4. The maximum Gasteiger partial charge on any atom is 0.430 e. The molecule has 3 atom stereocenters. The number of hydrogen-bond donors (Lipinski definition) is 2. The molecular formula is C35H39F3N4O8. The number of aryl methyl sites for hydroxylation is 1. The number of quaternary nitrogens is 1. The maximum atomic E-state index is 14.0. The van der Waals surface area contributed by atoms with E-state index in [9.17, 15) is 27.6 Å². The number of nitrogens with zero attached hydrogens (tertiary/aromatic N) is 2. The highest BCUT2D eigenvalue weighted by atomic mass is 19.4. The molecule has 268 valence electrons. The number of fused-ring (bicyclic) bond motifs is 1. The Morgan fingerprint density at radius 1 is 1.02 bits per heavy atom. The van der Waals surface area contributed by atoms with E-state index in [1.807, 2.05) is 49.4 Å². The number of carboxylic acid groups (broad SMARTS) is 1. The Hall–Kier alpha value is -5.31. The van der Waals surface area contributed by atoms with Crippen LogP contribution in [0.5, 0.6) is 11.5 Å². The van der Waals surface area contributed by atoms with E-state index in [0.29, 0.717) is 35.1 Å². The molecule has 0 aliphatic carbocycles. The number of likely N-dealkylation sites (N-methyl/N-ethyl adjacent to an activating group) is 1. The predicted molar refractivity (Wildman–Crippen MR) is 173 cm³/mol. The van der Waals surface area contributed by atoms with Crippen molar-refractivity contribution in [3.8, 4) is 11.5 Å². The molecule has 12 nitrogen and oxygen atoms in total. The monoisotopic (exact) mass is 700 g/mol. The number of halogens is 3. The molecule has 5 rings (SSSR count). The van der Waals surface area contributed by atoms with Gasteiger partial charge in [-0.25, -0.2) is 9.59 Å². The number of carboxylic acids is 1. The summed E-state index contributed by atoms with van der Waals surface area (Å²) >= 11 is 0. The van der Waals surface area contributed by atoms with Crippen LogP contribution in [0, 0.1) is 6.92 Å². The molecular weight excluding hydrogens is 661 g/mol. The average molecular weight is 701 g/mol. The first-order valence-electron chi connectivity index (χ1n) is 15.8.